The fourth-order valence-corrected chi connectivity index (χ4v) is 4.65. The van der Waals surface area contributed by atoms with Gasteiger partial charge in [0, 0.05) is 16.5 Å². The Morgan fingerprint density at radius 2 is 1.22 bits per heavy atom. The van der Waals surface area contributed by atoms with Crippen LogP contribution in [0.2, 0.25) is 0 Å². The van der Waals surface area contributed by atoms with Crippen LogP contribution in [0.15, 0.2) is 41.3 Å². The molecule has 0 aliphatic heterocycles. The summed E-state index contributed by atoms with van der Waals surface area (Å²) in [7, 11) is -4.54. The first-order valence-electron chi connectivity index (χ1n) is 8.35. The second-order valence-corrected chi connectivity index (χ2v) is 8.21. The van der Waals surface area contributed by atoms with Crippen molar-refractivity contribution in [2.75, 3.05) is 0 Å². The SMILES string of the molecule is CC(=O)c1cc(C)c2ccc3c(C(C)=O)cc(S(=O)(=O)O)c4ccc1c2c34. The third kappa shape index (κ3) is 2.44. The van der Waals surface area contributed by atoms with Crippen molar-refractivity contribution in [2.45, 2.75) is 25.7 Å². The molecule has 27 heavy (non-hydrogen) atoms. The summed E-state index contributed by atoms with van der Waals surface area (Å²) in [5.41, 5.74) is 1.63. The van der Waals surface area contributed by atoms with E-state index < -0.39 is 10.1 Å². The minimum atomic E-state index is -4.54. The Hall–Kier alpha value is -2.83. The summed E-state index contributed by atoms with van der Waals surface area (Å²) in [5, 5.41) is 3.79. The van der Waals surface area contributed by atoms with Gasteiger partial charge in [0.1, 0.15) is 4.90 Å². The van der Waals surface area contributed by atoms with Gasteiger partial charge in [0.2, 0.25) is 0 Å². The van der Waals surface area contributed by atoms with E-state index >= 15 is 0 Å². The van der Waals surface area contributed by atoms with E-state index in [2.05, 4.69) is 0 Å². The molecule has 0 fully saturated rings. The number of rotatable bonds is 3. The molecule has 6 heteroatoms. The van der Waals surface area contributed by atoms with E-state index in [4.69, 9.17) is 0 Å². The number of carbonyl (C=O) groups is 2. The van der Waals surface area contributed by atoms with Crippen molar-refractivity contribution in [1.29, 1.82) is 0 Å². The zero-order chi connectivity index (χ0) is 19.7. The zero-order valence-electron chi connectivity index (χ0n) is 15.0. The van der Waals surface area contributed by atoms with Crippen LogP contribution in [0.3, 0.4) is 0 Å². The van der Waals surface area contributed by atoms with Crippen LogP contribution in [0.1, 0.15) is 40.1 Å². The lowest BCUT2D eigenvalue weighted by Gasteiger charge is -2.18. The van der Waals surface area contributed by atoms with Gasteiger partial charge < -0.3 is 0 Å². The molecule has 4 rings (SSSR count). The van der Waals surface area contributed by atoms with Crippen molar-refractivity contribution in [3.05, 3.63) is 53.1 Å². The van der Waals surface area contributed by atoms with Crippen LogP contribution in [0, 0.1) is 6.92 Å². The smallest absolute Gasteiger partial charge is 0.294 e. The van der Waals surface area contributed by atoms with Gasteiger partial charge in [0.25, 0.3) is 10.1 Å². The quantitative estimate of drug-likeness (QED) is 0.320. The van der Waals surface area contributed by atoms with Gasteiger partial charge in [-0.3, -0.25) is 14.1 Å². The second-order valence-electron chi connectivity index (χ2n) is 6.82. The van der Waals surface area contributed by atoms with E-state index in [9.17, 15) is 22.6 Å². The van der Waals surface area contributed by atoms with Gasteiger partial charge >= 0.3 is 0 Å². The van der Waals surface area contributed by atoms with Gasteiger partial charge in [0.05, 0.1) is 0 Å². The number of carbonyl (C=O) groups excluding carboxylic acids is 2. The number of aryl methyl sites for hydroxylation is 1. The highest BCUT2D eigenvalue weighted by Gasteiger charge is 2.23. The van der Waals surface area contributed by atoms with Crippen LogP contribution < -0.4 is 0 Å². The van der Waals surface area contributed by atoms with Crippen LogP contribution in [-0.2, 0) is 10.1 Å². The van der Waals surface area contributed by atoms with Crippen LogP contribution in [0.4, 0.5) is 0 Å². The predicted octanol–water partition coefficient (Wildman–Crippen LogP) is 4.54. The highest BCUT2D eigenvalue weighted by molar-refractivity contribution is 7.86. The maximum Gasteiger partial charge on any atom is 0.295 e. The highest BCUT2D eigenvalue weighted by Crippen LogP contribution is 2.41. The maximum absolute atomic E-state index is 12.2. The molecule has 0 bridgehead atoms. The van der Waals surface area contributed by atoms with Gasteiger partial charge in [-0.2, -0.15) is 8.42 Å². The topological polar surface area (TPSA) is 88.5 Å². The molecule has 0 spiro atoms. The van der Waals surface area contributed by atoms with Crippen molar-refractivity contribution in [1.82, 2.24) is 0 Å². The molecule has 0 unspecified atom stereocenters. The summed E-state index contributed by atoms with van der Waals surface area (Å²) in [6, 6.07) is 9.98. The molecule has 0 radical (unpaired) electrons. The Kier molecular flexibility index (Phi) is 3.63. The van der Waals surface area contributed by atoms with Gasteiger partial charge in [0.15, 0.2) is 11.6 Å². The Morgan fingerprint density at radius 1 is 0.778 bits per heavy atom. The molecule has 4 aromatic carbocycles. The van der Waals surface area contributed by atoms with Crippen molar-refractivity contribution in [3.63, 3.8) is 0 Å². The number of benzene rings is 4. The Bertz CT molecular complexity index is 1400. The minimum absolute atomic E-state index is 0.0992. The van der Waals surface area contributed by atoms with E-state index in [1.165, 1.54) is 19.9 Å². The summed E-state index contributed by atoms with van der Waals surface area (Å²) in [6.45, 7) is 4.72. The molecular weight excluding hydrogens is 364 g/mol. The minimum Gasteiger partial charge on any atom is -0.294 e. The monoisotopic (exact) mass is 380 g/mol. The molecule has 5 nitrogen and oxygen atoms in total. The second kappa shape index (κ2) is 5.58. The lowest BCUT2D eigenvalue weighted by molar-refractivity contribution is 0.101. The molecule has 4 aromatic rings. The first-order valence-corrected chi connectivity index (χ1v) is 9.79. The molecule has 0 atom stereocenters. The third-order valence-electron chi connectivity index (χ3n) is 5.10. The molecule has 0 saturated carbocycles. The van der Waals surface area contributed by atoms with Crippen molar-refractivity contribution in [2.24, 2.45) is 0 Å². The largest absolute Gasteiger partial charge is 0.295 e. The lowest BCUT2D eigenvalue weighted by atomic mass is 9.87. The van der Waals surface area contributed by atoms with Gasteiger partial charge in [-0.15, -0.1) is 0 Å². The van der Waals surface area contributed by atoms with Gasteiger partial charge in [-0.25, -0.2) is 0 Å². The summed E-state index contributed by atoms with van der Waals surface area (Å²) in [5.74, 6) is -0.404. The Labute approximate surface area is 155 Å². The fraction of sp³-hybridized carbons (Fsp3) is 0.143. The van der Waals surface area contributed by atoms with Crippen LogP contribution in [0.25, 0.3) is 32.3 Å². The molecule has 0 saturated heterocycles. The normalized spacial score (nSPS) is 12.3. The average Bonchev–Trinajstić information content (AvgIpc) is 2.58. The third-order valence-corrected chi connectivity index (χ3v) is 6.00. The summed E-state index contributed by atoms with van der Waals surface area (Å²) in [4.78, 5) is 24.0. The maximum atomic E-state index is 12.2. The van der Waals surface area contributed by atoms with Crippen LogP contribution >= 0.6 is 0 Å². The van der Waals surface area contributed by atoms with Crippen molar-refractivity contribution in [3.8, 4) is 0 Å². The summed E-state index contributed by atoms with van der Waals surface area (Å²) < 4.78 is 33.7. The molecule has 136 valence electrons. The number of hydrogen-bond acceptors (Lipinski definition) is 4. The van der Waals surface area contributed by atoms with Crippen LogP contribution in [0.5, 0.6) is 0 Å². The van der Waals surface area contributed by atoms with E-state index in [1.54, 1.807) is 18.2 Å². The number of hydrogen-bond donors (Lipinski definition) is 1. The van der Waals surface area contributed by atoms with Crippen molar-refractivity contribution >= 4 is 54.0 Å². The first kappa shape index (κ1) is 17.6. The Balaban J connectivity index is 2.42. The highest BCUT2D eigenvalue weighted by atomic mass is 32.2. The standard InChI is InChI=1S/C21H16O5S/c1-10-8-17(11(2)22)14-6-7-16-19(27(24,25)26)9-18(12(3)23)15-5-4-13(10)20(14)21(15)16/h4-9H,1-3H3,(H,24,25,26). The first-order chi connectivity index (χ1) is 12.6. The van der Waals surface area contributed by atoms with Crippen LogP contribution in [-0.4, -0.2) is 24.5 Å². The predicted molar refractivity (Wildman–Crippen MR) is 105 cm³/mol. The van der Waals surface area contributed by atoms with E-state index in [0.717, 1.165) is 16.3 Å². The fourth-order valence-electron chi connectivity index (χ4n) is 3.93. The number of Topliss-reactive ketones (excluding diaryl/α,β-unsaturated/α-hetero) is 2. The van der Waals surface area contributed by atoms with Gasteiger partial charge in [-0.1, -0.05) is 24.3 Å². The molecular formula is C21H16O5S. The molecule has 0 aromatic heterocycles. The van der Waals surface area contributed by atoms with E-state index in [0.29, 0.717) is 27.1 Å². The van der Waals surface area contributed by atoms with E-state index in [1.807, 2.05) is 19.1 Å². The molecule has 0 aliphatic carbocycles. The molecule has 0 heterocycles. The Morgan fingerprint density at radius 3 is 1.74 bits per heavy atom. The lowest BCUT2D eigenvalue weighted by Crippen LogP contribution is -2.05. The summed E-state index contributed by atoms with van der Waals surface area (Å²) in [6.07, 6.45) is 0. The average molecular weight is 380 g/mol. The molecule has 1 N–H and O–H groups in total. The molecule has 0 aliphatic rings. The summed E-state index contributed by atoms with van der Waals surface area (Å²) >= 11 is 0. The van der Waals surface area contributed by atoms with Crippen molar-refractivity contribution < 1.29 is 22.6 Å². The van der Waals surface area contributed by atoms with Gasteiger partial charge in [-0.05, 0) is 65.4 Å². The zero-order valence-corrected chi connectivity index (χ0v) is 15.8. The number of ketones is 2. The molecule has 0 amide bonds. The van der Waals surface area contributed by atoms with E-state index in [-0.39, 0.29) is 22.0 Å².